The van der Waals surface area contributed by atoms with E-state index in [1.807, 2.05) is 48.7 Å². The number of aryl methyl sites for hydroxylation is 1. The molecule has 3 N–H and O–H groups in total. The van der Waals surface area contributed by atoms with Gasteiger partial charge in [0.2, 0.25) is 5.91 Å². The van der Waals surface area contributed by atoms with Gasteiger partial charge in [-0.05, 0) is 30.5 Å². The Morgan fingerprint density at radius 2 is 2.12 bits per heavy atom. The highest BCUT2D eigenvalue weighted by molar-refractivity contribution is 7.10. The summed E-state index contributed by atoms with van der Waals surface area (Å²) in [5.41, 5.74) is 7.68. The third-order valence-corrected chi connectivity index (χ3v) is 4.53. The number of nitrogen functional groups attached to an aromatic ring is 1. The molecule has 0 spiro atoms. The fourth-order valence-electron chi connectivity index (χ4n) is 2.35. The van der Waals surface area contributed by atoms with Crippen molar-refractivity contribution >= 4 is 23.1 Å². The van der Waals surface area contributed by atoms with Gasteiger partial charge in [-0.2, -0.15) is 5.10 Å². The van der Waals surface area contributed by atoms with E-state index in [2.05, 4.69) is 10.4 Å². The van der Waals surface area contributed by atoms with Gasteiger partial charge >= 0.3 is 0 Å². The Labute approximate surface area is 150 Å². The molecule has 3 aromatic rings. The van der Waals surface area contributed by atoms with Crippen molar-refractivity contribution in [3.63, 3.8) is 0 Å². The van der Waals surface area contributed by atoms with E-state index in [4.69, 9.17) is 10.5 Å². The predicted octanol–water partition coefficient (Wildman–Crippen LogP) is 2.73. The van der Waals surface area contributed by atoms with Gasteiger partial charge in [-0.25, -0.2) is 4.68 Å². The number of ether oxygens (including phenoxy) is 1. The summed E-state index contributed by atoms with van der Waals surface area (Å²) in [6, 6.07) is 13.5. The van der Waals surface area contributed by atoms with Crippen LogP contribution in [0.3, 0.4) is 0 Å². The number of amides is 1. The molecule has 1 amide bonds. The molecule has 7 heteroatoms. The standard InChI is InChI=1S/C18H20N4O2S/c1-13-7-17(19)22(21-13)10-18(23)20-9-16-8-14(12-25-16)11-24-15-5-3-2-4-6-15/h2-8,12H,9-11,19H2,1H3,(H,20,23). The van der Waals surface area contributed by atoms with Crippen molar-refractivity contribution in [3.8, 4) is 5.75 Å². The number of nitrogens with one attached hydrogen (secondary N) is 1. The lowest BCUT2D eigenvalue weighted by molar-refractivity contribution is -0.121. The zero-order valence-corrected chi connectivity index (χ0v) is 14.8. The predicted molar refractivity (Wildman–Crippen MR) is 98.3 cm³/mol. The molecule has 2 heterocycles. The number of nitrogens with zero attached hydrogens (tertiary/aromatic N) is 2. The lowest BCUT2D eigenvalue weighted by Gasteiger charge is -2.05. The normalized spacial score (nSPS) is 10.6. The van der Waals surface area contributed by atoms with Crippen LogP contribution in [0.25, 0.3) is 0 Å². The quantitative estimate of drug-likeness (QED) is 0.682. The zero-order chi connectivity index (χ0) is 17.6. The van der Waals surface area contributed by atoms with Gasteiger partial charge < -0.3 is 15.8 Å². The second-order valence-corrected chi connectivity index (χ2v) is 6.66. The van der Waals surface area contributed by atoms with E-state index < -0.39 is 0 Å². The van der Waals surface area contributed by atoms with Crippen LogP contribution >= 0.6 is 11.3 Å². The van der Waals surface area contributed by atoms with Crippen LogP contribution in [0.4, 0.5) is 5.82 Å². The van der Waals surface area contributed by atoms with Gasteiger partial charge in [-0.1, -0.05) is 18.2 Å². The Morgan fingerprint density at radius 1 is 1.32 bits per heavy atom. The van der Waals surface area contributed by atoms with Crippen molar-refractivity contribution in [2.24, 2.45) is 0 Å². The molecule has 0 aliphatic heterocycles. The van der Waals surface area contributed by atoms with Crippen LogP contribution in [-0.2, 0) is 24.5 Å². The third kappa shape index (κ3) is 4.84. The van der Waals surface area contributed by atoms with Crippen molar-refractivity contribution in [3.05, 3.63) is 64.0 Å². The van der Waals surface area contributed by atoms with Crippen molar-refractivity contribution < 1.29 is 9.53 Å². The van der Waals surface area contributed by atoms with Crippen LogP contribution in [0.2, 0.25) is 0 Å². The molecule has 3 rings (SSSR count). The van der Waals surface area contributed by atoms with Gasteiger partial charge in [0.15, 0.2) is 0 Å². The first-order chi connectivity index (χ1) is 12.1. The van der Waals surface area contributed by atoms with Gasteiger partial charge in [-0.15, -0.1) is 11.3 Å². The van der Waals surface area contributed by atoms with E-state index in [-0.39, 0.29) is 12.5 Å². The Hall–Kier alpha value is -2.80. The zero-order valence-electron chi connectivity index (χ0n) is 13.9. The number of hydrogen-bond acceptors (Lipinski definition) is 5. The van der Waals surface area contributed by atoms with Crippen LogP contribution in [0.5, 0.6) is 5.75 Å². The van der Waals surface area contributed by atoms with Crippen LogP contribution < -0.4 is 15.8 Å². The molecular formula is C18H20N4O2S. The first-order valence-electron chi connectivity index (χ1n) is 7.91. The molecule has 0 fully saturated rings. The molecule has 0 unspecified atom stereocenters. The fourth-order valence-corrected chi connectivity index (χ4v) is 3.16. The van der Waals surface area contributed by atoms with Crippen LogP contribution in [0.15, 0.2) is 47.8 Å². The molecule has 2 aromatic heterocycles. The molecule has 0 atom stereocenters. The topological polar surface area (TPSA) is 82.2 Å². The highest BCUT2D eigenvalue weighted by atomic mass is 32.1. The van der Waals surface area contributed by atoms with Crippen LogP contribution in [0.1, 0.15) is 16.1 Å². The molecule has 0 radical (unpaired) electrons. The summed E-state index contributed by atoms with van der Waals surface area (Å²) in [5, 5.41) is 9.11. The maximum atomic E-state index is 12.0. The van der Waals surface area contributed by atoms with Gasteiger partial charge in [0.1, 0.15) is 24.7 Å². The van der Waals surface area contributed by atoms with E-state index in [0.717, 1.165) is 21.9 Å². The maximum Gasteiger partial charge on any atom is 0.242 e. The van der Waals surface area contributed by atoms with E-state index in [1.165, 1.54) is 4.68 Å². The minimum absolute atomic E-state index is 0.120. The summed E-state index contributed by atoms with van der Waals surface area (Å²) < 4.78 is 7.22. The molecule has 0 aliphatic carbocycles. The number of anilines is 1. The number of para-hydroxylation sites is 1. The van der Waals surface area contributed by atoms with Crippen molar-refractivity contribution in [1.29, 1.82) is 0 Å². The summed E-state index contributed by atoms with van der Waals surface area (Å²) in [6.07, 6.45) is 0. The highest BCUT2D eigenvalue weighted by Crippen LogP contribution is 2.17. The smallest absolute Gasteiger partial charge is 0.242 e. The highest BCUT2D eigenvalue weighted by Gasteiger charge is 2.08. The summed E-state index contributed by atoms with van der Waals surface area (Å²) in [6.45, 7) is 2.96. The third-order valence-electron chi connectivity index (χ3n) is 3.54. The molecule has 0 saturated heterocycles. The van der Waals surface area contributed by atoms with Gasteiger partial charge in [0, 0.05) is 16.5 Å². The minimum atomic E-state index is -0.120. The number of thiophene rings is 1. The SMILES string of the molecule is Cc1cc(N)n(CC(=O)NCc2cc(COc3ccccc3)cs2)n1. The Kier molecular flexibility index (Phi) is 5.35. The number of carbonyl (C=O) groups is 1. The fraction of sp³-hybridized carbons (Fsp3) is 0.222. The number of hydrogen-bond donors (Lipinski definition) is 2. The molecule has 0 bridgehead atoms. The Bertz CT molecular complexity index is 842. The van der Waals surface area contributed by atoms with E-state index in [0.29, 0.717) is 19.0 Å². The summed E-state index contributed by atoms with van der Waals surface area (Å²) in [4.78, 5) is 13.1. The van der Waals surface area contributed by atoms with Crippen molar-refractivity contribution in [2.75, 3.05) is 5.73 Å². The number of carbonyl (C=O) groups excluding carboxylic acids is 1. The lowest BCUT2D eigenvalue weighted by Crippen LogP contribution is -2.27. The molecule has 0 aliphatic rings. The molecule has 0 saturated carbocycles. The number of benzene rings is 1. The largest absolute Gasteiger partial charge is 0.489 e. The molecule has 1 aromatic carbocycles. The number of rotatable bonds is 7. The minimum Gasteiger partial charge on any atom is -0.489 e. The van der Waals surface area contributed by atoms with Crippen molar-refractivity contribution in [1.82, 2.24) is 15.1 Å². The molecule has 130 valence electrons. The van der Waals surface area contributed by atoms with E-state index in [9.17, 15) is 4.79 Å². The molecular weight excluding hydrogens is 336 g/mol. The van der Waals surface area contributed by atoms with Crippen LogP contribution in [-0.4, -0.2) is 15.7 Å². The summed E-state index contributed by atoms with van der Waals surface area (Å²) in [5.74, 6) is 1.21. The second kappa shape index (κ2) is 7.85. The summed E-state index contributed by atoms with van der Waals surface area (Å²) >= 11 is 1.60. The Morgan fingerprint density at radius 3 is 2.84 bits per heavy atom. The number of aromatic nitrogens is 2. The Balaban J connectivity index is 1.46. The first-order valence-corrected chi connectivity index (χ1v) is 8.79. The summed E-state index contributed by atoms with van der Waals surface area (Å²) in [7, 11) is 0. The molecule has 25 heavy (non-hydrogen) atoms. The van der Waals surface area contributed by atoms with Gasteiger partial charge in [0.05, 0.1) is 12.2 Å². The van der Waals surface area contributed by atoms with Crippen molar-refractivity contribution in [2.45, 2.75) is 26.6 Å². The average Bonchev–Trinajstić information content (AvgIpc) is 3.18. The monoisotopic (exact) mass is 356 g/mol. The van der Waals surface area contributed by atoms with E-state index >= 15 is 0 Å². The molecule has 6 nitrogen and oxygen atoms in total. The number of nitrogens with two attached hydrogens (primary N) is 1. The lowest BCUT2D eigenvalue weighted by atomic mass is 10.3. The van der Waals surface area contributed by atoms with Gasteiger partial charge in [0.25, 0.3) is 0 Å². The maximum absolute atomic E-state index is 12.0. The first kappa shape index (κ1) is 17.0. The van der Waals surface area contributed by atoms with Crippen LogP contribution in [0, 0.1) is 6.92 Å². The van der Waals surface area contributed by atoms with E-state index in [1.54, 1.807) is 17.4 Å². The average molecular weight is 356 g/mol. The second-order valence-electron chi connectivity index (χ2n) is 5.67. The van der Waals surface area contributed by atoms with Gasteiger partial charge in [-0.3, -0.25) is 4.79 Å².